The Hall–Kier alpha value is -3.54. The van der Waals surface area contributed by atoms with Crippen molar-refractivity contribution in [3.63, 3.8) is 0 Å². The van der Waals surface area contributed by atoms with Crippen molar-refractivity contribution in [1.82, 2.24) is 9.99 Å². The second-order valence-electron chi connectivity index (χ2n) is 7.16. The minimum absolute atomic E-state index is 0.194. The topological polar surface area (TPSA) is 64.8 Å². The molecule has 1 N–H and O–H groups in total. The number of nitrogens with one attached hydrogen (secondary N) is 1. The summed E-state index contributed by atoms with van der Waals surface area (Å²) < 4.78 is 12.7. The molecule has 0 aliphatic carbocycles. The van der Waals surface area contributed by atoms with Crippen molar-refractivity contribution in [3.05, 3.63) is 76.6 Å². The lowest BCUT2D eigenvalue weighted by molar-refractivity contribution is -0.120. The molecule has 0 spiro atoms. The molecule has 3 rings (SSSR count). The Morgan fingerprint density at radius 3 is 2.50 bits per heavy atom. The quantitative estimate of drug-likeness (QED) is 0.475. The van der Waals surface area contributed by atoms with E-state index in [0.717, 1.165) is 28.2 Å². The van der Waals surface area contributed by atoms with Crippen molar-refractivity contribution < 1.29 is 14.3 Å². The largest absolute Gasteiger partial charge is 0.493 e. The van der Waals surface area contributed by atoms with Crippen LogP contribution in [0, 0.1) is 20.8 Å². The van der Waals surface area contributed by atoms with Crippen LogP contribution in [0.1, 0.15) is 28.1 Å². The summed E-state index contributed by atoms with van der Waals surface area (Å²) >= 11 is 0. The van der Waals surface area contributed by atoms with Crippen LogP contribution in [-0.4, -0.2) is 30.9 Å². The van der Waals surface area contributed by atoms with Crippen molar-refractivity contribution in [2.24, 2.45) is 5.10 Å². The molecule has 2 aromatic carbocycles. The molecular formula is C24H27N3O3. The number of rotatable bonds is 7. The summed E-state index contributed by atoms with van der Waals surface area (Å²) in [6.07, 6.45) is 1.88. The first-order valence-corrected chi connectivity index (χ1v) is 9.71. The minimum Gasteiger partial charge on any atom is -0.493 e. The van der Waals surface area contributed by atoms with Gasteiger partial charge in [0, 0.05) is 22.6 Å². The number of hydrazone groups is 1. The smallest absolute Gasteiger partial charge is 0.244 e. The summed E-state index contributed by atoms with van der Waals surface area (Å²) in [5, 5.41) is 4.15. The molecule has 156 valence electrons. The third-order valence-electron chi connectivity index (χ3n) is 4.94. The molecule has 6 nitrogen and oxygen atoms in total. The molecule has 0 aliphatic heterocycles. The highest BCUT2D eigenvalue weighted by molar-refractivity contribution is 5.85. The van der Waals surface area contributed by atoms with Gasteiger partial charge in [-0.25, -0.2) is 5.43 Å². The zero-order chi connectivity index (χ0) is 21.7. The first-order chi connectivity index (χ1) is 14.4. The molecule has 1 aromatic heterocycles. The Balaban J connectivity index is 1.68. The first-order valence-electron chi connectivity index (χ1n) is 9.71. The van der Waals surface area contributed by atoms with Crippen LogP contribution in [0.4, 0.5) is 0 Å². The second-order valence-corrected chi connectivity index (χ2v) is 7.16. The Kier molecular flexibility index (Phi) is 6.57. The van der Waals surface area contributed by atoms with Gasteiger partial charge in [0.1, 0.15) is 0 Å². The molecule has 1 heterocycles. The van der Waals surface area contributed by atoms with Crippen molar-refractivity contribution in [3.8, 4) is 17.2 Å². The van der Waals surface area contributed by atoms with E-state index in [0.29, 0.717) is 11.5 Å². The summed E-state index contributed by atoms with van der Waals surface area (Å²) in [5.41, 5.74) is 8.87. The van der Waals surface area contributed by atoms with Crippen LogP contribution >= 0.6 is 0 Å². The van der Waals surface area contributed by atoms with Gasteiger partial charge in [0.2, 0.25) is 5.91 Å². The summed E-state index contributed by atoms with van der Waals surface area (Å²) in [4.78, 5) is 12.3. The lowest BCUT2D eigenvalue weighted by Crippen LogP contribution is -2.19. The Bertz CT molecular complexity index is 1080. The highest BCUT2D eigenvalue weighted by atomic mass is 16.5. The highest BCUT2D eigenvalue weighted by Crippen LogP contribution is 2.27. The summed E-state index contributed by atoms with van der Waals surface area (Å²) in [5.74, 6) is 1.02. The van der Waals surface area contributed by atoms with Crippen LogP contribution in [0.15, 0.2) is 53.6 Å². The van der Waals surface area contributed by atoms with E-state index in [1.165, 1.54) is 5.56 Å². The van der Waals surface area contributed by atoms with Gasteiger partial charge in [-0.1, -0.05) is 18.2 Å². The number of benzene rings is 2. The molecular weight excluding hydrogens is 378 g/mol. The summed E-state index contributed by atoms with van der Waals surface area (Å²) in [6, 6.07) is 15.8. The number of carbonyl (C=O) groups excluding carboxylic acids is 1. The third-order valence-corrected chi connectivity index (χ3v) is 4.94. The number of hydrogen-bond acceptors (Lipinski definition) is 4. The molecule has 0 saturated heterocycles. The number of hydrogen-bond donors (Lipinski definition) is 1. The van der Waals surface area contributed by atoms with Gasteiger partial charge in [-0.2, -0.15) is 5.10 Å². The van der Waals surface area contributed by atoms with Crippen molar-refractivity contribution in [2.45, 2.75) is 27.2 Å². The molecule has 30 heavy (non-hydrogen) atoms. The molecule has 0 bridgehead atoms. The van der Waals surface area contributed by atoms with Gasteiger partial charge in [0.05, 0.1) is 26.9 Å². The van der Waals surface area contributed by atoms with Crippen molar-refractivity contribution >= 4 is 12.1 Å². The highest BCUT2D eigenvalue weighted by Gasteiger charge is 2.10. The molecule has 0 saturated carbocycles. The lowest BCUT2D eigenvalue weighted by Gasteiger charge is -2.10. The van der Waals surface area contributed by atoms with E-state index in [-0.39, 0.29) is 12.3 Å². The van der Waals surface area contributed by atoms with Gasteiger partial charge < -0.3 is 14.0 Å². The van der Waals surface area contributed by atoms with E-state index in [9.17, 15) is 4.79 Å². The standard InChI is InChI=1S/C24H27N3O3/c1-16-7-6-8-21(11-16)27-17(2)12-20(18(27)3)15-25-26-24(28)14-19-9-10-22(29-4)23(13-19)30-5/h6-13,15H,14H2,1-5H3,(H,26,28)/b25-15-. The Morgan fingerprint density at radius 2 is 1.80 bits per heavy atom. The third kappa shape index (κ3) is 4.71. The first kappa shape index (κ1) is 21.2. The van der Waals surface area contributed by atoms with Crippen LogP contribution < -0.4 is 14.9 Å². The predicted molar refractivity (Wildman–Crippen MR) is 119 cm³/mol. The van der Waals surface area contributed by atoms with Crippen LogP contribution in [0.3, 0.4) is 0 Å². The number of aryl methyl sites for hydroxylation is 2. The SMILES string of the molecule is COc1ccc(CC(=O)N/N=C\c2cc(C)n(-c3cccc(C)c3)c2C)cc1OC. The normalized spacial score (nSPS) is 11.0. The zero-order valence-electron chi connectivity index (χ0n) is 18.0. The average molecular weight is 405 g/mol. The summed E-state index contributed by atoms with van der Waals surface area (Å²) in [6.45, 7) is 6.18. The fourth-order valence-corrected chi connectivity index (χ4v) is 3.47. The molecule has 3 aromatic rings. The van der Waals surface area contributed by atoms with Gasteiger partial charge in [-0.3, -0.25) is 4.79 Å². The fraction of sp³-hybridized carbons (Fsp3) is 0.250. The van der Waals surface area contributed by atoms with E-state index in [1.54, 1.807) is 32.6 Å². The monoisotopic (exact) mass is 405 g/mol. The number of aromatic nitrogens is 1. The van der Waals surface area contributed by atoms with Crippen LogP contribution in [0.2, 0.25) is 0 Å². The van der Waals surface area contributed by atoms with E-state index >= 15 is 0 Å². The fourth-order valence-electron chi connectivity index (χ4n) is 3.47. The van der Waals surface area contributed by atoms with Gasteiger partial charge in [-0.05, 0) is 62.2 Å². The maximum atomic E-state index is 12.3. The van der Waals surface area contributed by atoms with Crippen LogP contribution in [0.5, 0.6) is 11.5 Å². The van der Waals surface area contributed by atoms with Gasteiger partial charge in [-0.15, -0.1) is 0 Å². The van der Waals surface area contributed by atoms with E-state index in [4.69, 9.17) is 9.47 Å². The van der Waals surface area contributed by atoms with Gasteiger partial charge in [0.15, 0.2) is 11.5 Å². The maximum absolute atomic E-state index is 12.3. The number of carbonyl (C=O) groups is 1. The molecule has 0 unspecified atom stereocenters. The molecule has 0 radical (unpaired) electrons. The van der Waals surface area contributed by atoms with Crippen LogP contribution in [-0.2, 0) is 11.2 Å². The van der Waals surface area contributed by atoms with E-state index in [2.05, 4.69) is 53.2 Å². The number of ether oxygens (including phenoxy) is 2. The molecule has 0 atom stereocenters. The van der Waals surface area contributed by atoms with Gasteiger partial charge in [0.25, 0.3) is 0 Å². The van der Waals surface area contributed by atoms with Crippen molar-refractivity contribution in [1.29, 1.82) is 0 Å². The maximum Gasteiger partial charge on any atom is 0.244 e. The van der Waals surface area contributed by atoms with E-state index < -0.39 is 0 Å². The molecule has 0 fully saturated rings. The molecule has 6 heteroatoms. The molecule has 0 aliphatic rings. The number of nitrogens with zero attached hydrogens (tertiary/aromatic N) is 2. The number of amides is 1. The zero-order valence-corrected chi connectivity index (χ0v) is 18.0. The summed E-state index contributed by atoms with van der Waals surface area (Å²) in [7, 11) is 3.15. The number of methoxy groups -OCH3 is 2. The lowest BCUT2D eigenvalue weighted by atomic mass is 10.1. The average Bonchev–Trinajstić information content (AvgIpc) is 3.01. The van der Waals surface area contributed by atoms with Gasteiger partial charge >= 0.3 is 0 Å². The van der Waals surface area contributed by atoms with E-state index in [1.807, 2.05) is 19.1 Å². The second kappa shape index (κ2) is 9.31. The molecule has 1 amide bonds. The minimum atomic E-state index is -0.203. The Morgan fingerprint density at radius 1 is 1.03 bits per heavy atom. The Labute approximate surface area is 177 Å². The predicted octanol–water partition coefficient (Wildman–Crippen LogP) is 4.11. The van der Waals surface area contributed by atoms with Crippen molar-refractivity contribution in [2.75, 3.05) is 14.2 Å². The van der Waals surface area contributed by atoms with Crippen LogP contribution in [0.25, 0.3) is 5.69 Å².